The van der Waals surface area contributed by atoms with Gasteiger partial charge in [0.05, 0.1) is 10.3 Å². The van der Waals surface area contributed by atoms with Crippen molar-refractivity contribution in [3.05, 3.63) is 85.7 Å². The van der Waals surface area contributed by atoms with Crippen LogP contribution < -0.4 is 10.2 Å². The molecule has 0 amide bonds. The van der Waals surface area contributed by atoms with Crippen molar-refractivity contribution in [2.24, 2.45) is 0 Å². The molecule has 2 heterocycles. The minimum absolute atomic E-state index is 0.0660. The summed E-state index contributed by atoms with van der Waals surface area (Å²) >= 11 is 1.35. The fraction of sp³-hybridized carbons (Fsp3) is 0.167. The zero-order valence-corrected chi connectivity index (χ0v) is 17.3. The van der Waals surface area contributed by atoms with Crippen LogP contribution in [0.25, 0.3) is 22.3 Å². The Bertz CT molecular complexity index is 1250. The molecule has 0 atom stereocenters. The largest absolute Gasteiger partial charge is 0.478 e. The molecule has 0 saturated carbocycles. The first-order chi connectivity index (χ1) is 13.9. The normalized spacial score (nSPS) is 11.0. The average molecular weight is 404 g/mol. The SMILES string of the molecule is Cc1ccc(-c2oc3c(C)cc(C)cc3c(=O)c2OCC(=O)c2cccs2)cc1. The van der Waals surface area contributed by atoms with Gasteiger partial charge in [-0.3, -0.25) is 9.59 Å². The molecule has 0 saturated heterocycles. The highest BCUT2D eigenvalue weighted by Crippen LogP contribution is 2.32. The Morgan fingerprint density at radius 1 is 1.03 bits per heavy atom. The predicted octanol–water partition coefficient (Wildman–Crippen LogP) is 5.71. The first-order valence-electron chi connectivity index (χ1n) is 9.28. The number of rotatable bonds is 5. The fourth-order valence-corrected chi connectivity index (χ4v) is 3.96. The molecule has 2 aromatic carbocycles. The first kappa shape index (κ1) is 19.2. The number of ether oxygens (including phenoxy) is 1. The second kappa shape index (κ2) is 7.68. The molecule has 4 nitrogen and oxygen atoms in total. The van der Waals surface area contributed by atoms with Crippen molar-refractivity contribution >= 4 is 28.1 Å². The molecule has 2 aromatic heterocycles. The van der Waals surface area contributed by atoms with E-state index in [1.807, 2.05) is 62.5 Å². The Morgan fingerprint density at radius 3 is 2.48 bits per heavy atom. The lowest BCUT2D eigenvalue weighted by Gasteiger charge is -2.13. The second-order valence-electron chi connectivity index (χ2n) is 7.10. The molecule has 0 aliphatic heterocycles. The molecule has 0 radical (unpaired) electrons. The third kappa shape index (κ3) is 3.74. The lowest BCUT2D eigenvalue weighted by atomic mass is 10.0. The van der Waals surface area contributed by atoms with E-state index in [4.69, 9.17) is 9.15 Å². The molecule has 0 fully saturated rings. The maximum absolute atomic E-state index is 13.3. The molecule has 4 rings (SSSR count). The van der Waals surface area contributed by atoms with Gasteiger partial charge >= 0.3 is 0 Å². The van der Waals surface area contributed by atoms with Crippen LogP contribution in [0.3, 0.4) is 0 Å². The van der Waals surface area contributed by atoms with E-state index >= 15 is 0 Å². The topological polar surface area (TPSA) is 56.5 Å². The maximum atomic E-state index is 13.3. The van der Waals surface area contributed by atoms with E-state index < -0.39 is 0 Å². The first-order valence-corrected chi connectivity index (χ1v) is 10.2. The Balaban J connectivity index is 1.86. The highest BCUT2D eigenvalue weighted by atomic mass is 32.1. The van der Waals surface area contributed by atoms with Gasteiger partial charge in [0, 0.05) is 5.56 Å². The van der Waals surface area contributed by atoms with Gasteiger partial charge in [-0.15, -0.1) is 11.3 Å². The number of thiophene rings is 1. The third-order valence-electron chi connectivity index (χ3n) is 4.74. The van der Waals surface area contributed by atoms with Crippen LogP contribution in [0.4, 0.5) is 0 Å². The molecule has 146 valence electrons. The van der Waals surface area contributed by atoms with Crippen molar-refractivity contribution in [3.8, 4) is 17.1 Å². The summed E-state index contributed by atoms with van der Waals surface area (Å²) in [6.45, 7) is 5.61. The molecule has 0 spiro atoms. The van der Waals surface area contributed by atoms with Gasteiger partial charge in [-0.05, 0) is 49.4 Å². The summed E-state index contributed by atoms with van der Waals surface area (Å²) < 4.78 is 12.0. The zero-order chi connectivity index (χ0) is 20.5. The van der Waals surface area contributed by atoms with E-state index in [9.17, 15) is 9.59 Å². The van der Waals surface area contributed by atoms with Gasteiger partial charge in [0.1, 0.15) is 5.58 Å². The number of hydrogen-bond donors (Lipinski definition) is 0. The van der Waals surface area contributed by atoms with E-state index in [-0.39, 0.29) is 23.6 Å². The number of carbonyl (C=O) groups is 1. The molecule has 29 heavy (non-hydrogen) atoms. The van der Waals surface area contributed by atoms with Gasteiger partial charge in [-0.1, -0.05) is 42.0 Å². The van der Waals surface area contributed by atoms with Crippen LogP contribution in [0.5, 0.6) is 5.75 Å². The molecule has 0 N–H and O–H groups in total. The molecule has 0 bridgehead atoms. The van der Waals surface area contributed by atoms with E-state index in [2.05, 4.69) is 0 Å². The van der Waals surface area contributed by atoms with Crippen LogP contribution in [0.1, 0.15) is 26.4 Å². The summed E-state index contributed by atoms with van der Waals surface area (Å²) in [5.41, 5.74) is 3.94. The standard InChI is InChI=1S/C24H20O4S/c1-14-6-8-17(9-7-14)23-24(27-13-19(25)20-5-4-10-29-20)21(26)18-12-15(2)11-16(3)22(18)28-23/h4-12H,13H2,1-3H3. The van der Waals surface area contributed by atoms with Crippen molar-refractivity contribution in [3.63, 3.8) is 0 Å². The van der Waals surface area contributed by atoms with Gasteiger partial charge in [-0.25, -0.2) is 0 Å². The number of carbonyl (C=O) groups excluding carboxylic acids is 1. The maximum Gasteiger partial charge on any atom is 0.235 e. The van der Waals surface area contributed by atoms with Crippen LogP contribution in [0, 0.1) is 20.8 Å². The predicted molar refractivity (Wildman–Crippen MR) is 116 cm³/mol. The fourth-order valence-electron chi connectivity index (χ4n) is 3.30. The summed E-state index contributed by atoms with van der Waals surface area (Å²) in [6.07, 6.45) is 0. The molecule has 0 aliphatic carbocycles. The van der Waals surface area contributed by atoms with Gasteiger partial charge in [-0.2, -0.15) is 0 Å². The summed E-state index contributed by atoms with van der Waals surface area (Å²) in [5, 5.41) is 2.29. The third-order valence-corrected chi connectivity index (χ3v) is 5.65. The summed E-state index contributed by atoms with van der Waals surface area (Å²) in [7, 11) is 0. The van der Waals surface area contributed by atoms with Crippen molar-refractivity contribution in [1.82, 2.24) is 0 Å². The number of fused-ring (bicyclic) bond motifs is 1. The van der Waals surface area contributed by atoms with Gasteiger partial charge in [0.15, 0.2) is 12.4 Å². The van der Waals surface area contributed by atoms with Gasteiger partial charge < -0.3 is 9.15 Å². The van der Waals surface area contributed by atoms with Crippen molar-refractivity contribution in [2.75, 3.05) is 6.61 Å². The number of Topliss-reactive ketones (excluding diaryl/α,β-unsaturated/α-hetero) is 1. The van der Waals surface area contributed by atoms with E-state index in [1.54, 1.807) is 12.1 Å². The van der Waals surface area contributed by atoms with Crippen LogP contribution >= 0.6 is 11.3 Å². The molecule has 0 unspecified atom stereocenters. The van der Waals surface area contributed by atoms with Crippen LogP contribution in [0.2, 0.25) is 0 Å². The molecule has 5 heteroatoms. The minimum Gasteiger partial charge on any atom is -0.478 e. The monoisotopic (exact) mass is 404 g/mol. The summed E-state index contributed by atoms with van der Waals surface area (Å²) in [4.78, 5) is 26.3. The Kier molecular flexibility index (Phi) is 5.07. The quantitative estimate of drug-likeness (QED) is 0.400. The smallest absolute Gasteiger partial charge is 0.235 e. The van der Waals surface area contributed by atoms with E-state index in [1.165, 1.54) is 11.3 Å². The second-order valence-corrected chi connectivity index (χ2v) is 8.05. The van der Waals surface area contributed by atoms with Gasteiger partial charge in [0.25, 0.3) is 0 Å². The molecular formula is C24H20O4S. The van der Waals surface area contributed by atoms with E-state index in [0.717, 1.165) is 22.3 Å². The molecular weight excluding hydrogens is 384 g/mol. The molecule has 4 aromatic rings. The Hall–Kier alpha value is -3.18. The van der Waals surface area contributed by atoms with Gasteiger partial charge in [0.2, 0.25) is 17.0 Å². The lowest BCUT2D eigenvalue weighted by Crippen LogP contribution is -2.16. The van der Waals surface area contributed by atoms with Crippen molar-refractivity contribution < 1.29 is 13.9 Å². The lowest BCUT2D eigenvalue weighted by molar-refractivity contribution is 0.0924. The van der Waals surface area contributed by atoms with E-state index in [0.29, 0.717) is 21.6 Å². The number of aryl methyl sites for hydroxylation is 3. The van der Waals surface area contributed by atoms with Crippen LogP contribution in [-0.2, 0) is 0 Å². The zero-order valence-electron chi connectivity index (χ0n) is 16.4. The highest BCUT2D eigenvalue weighted by molar-refractivity contribution is 7.12. The number of benzene rings is 2. The van der Waals surface area contributed by atoms with Crippen molar-refractivity contribution in [1.29, 1.82) is 0 Å². The van der Waals surface area contributed by atoms with Crippen LogP contribution in [0.15, 0.2) is 63.1 Å². The highest BCUT2D eigenvalue weighted by Gasteiger charge is 2.20. The summed E-state index contributed by atoms with van der Waals surface area (Å²) in [5.74, 6) is 0.236. The molecule has 0 aliphatic rings. The minimum atomic E-state index is -0.271. The van der Waals surface area contributed by atoms with Crippen molar-refractivity contribution in [2.45, 2.75) is 20.8 Å². The average Bonchev–Trinajstić information content (AvgIpc) is 3.23. The van der Waals surface area contributed by atoms with Crippen LogP contribution in [-0.4, -0.2) is 12.4 Å². The number of ketones is 1. The Morgan fingerprint density at radius 2 is 1.79 bits per heavy atom. The summed E-state index contributed by atoms with van der Waals surface area (Å²) in [6, 6.07) is 15.0. The Labute approximate surface area is 172 Å². The number of hydrogen-bond acceptors (Lipinski definition) is 5.